The van der Waals surface area contributed by atoms with Crippen LogP contribution in [0.3, 0.4) is 0 Å². The number of aliphatic hydroxyl groups is 1. The number of amides is 1. The van der Waals surface area contributed by atoms with Gasteiger partial charge < -0.3 is 20.3 Å². The number of carbonyl (C=O) groups excluding carboxylic acids is 1. The molecule has 24 heavy (non-hydrogen) atoms. The second kappa shape index (κ2) is 9.87. The lowest BCUT2D eigenvalue weighted by Gasteiger charge is -2.34. The van der Waals surface area contributed by atoms with Crippen LogP contribution in [0.1, 0.15) is 72.1 Å². The van der Waals surface area contributed by atoms with Gasteiger partial charge in [0.1, 0.15) is 5.60 Å². The maximum atomic E-state index is 12.0. The van der Waals surface area contributed by atoms with Gasteiger partial charge in [0, 0.05) is 19.1 Å². The number of nitrogens with one attached hydrogen (secondary N) is 1. The van der Waals surface area contributed by atoms with E-state index >= 15 is 0 Å². The number of carbonyl (C=O) groups is 2. The zero-order valence-corrected chi connectivity index (χ0v) is 15.2. The molecule has 0 aliphatic heterocycles. The van der Waals surface area contributed by atoms with E-state index in [-0.39, 0.29) is 19.1 Å². The molecule has 1 amide bonds. The predicted octanol–water partition coefficient (Wildman–Crippen LogP) is 3.32. The Hall–Kier alpha value is -1.30. The highest BCUT2D eigenvalue weighted by Crippen LogP contribution is 2.34. The first-order valence-corrected chi connectivity index (χ1v) is 9.03. The molecular weight excluding hydrogens is 310 g/mol. The molecule has 1 aliphatic rings. The largest absolute Gasteiger partial charge is 0.481 e. The van der Waals surface area contributed by atoms with Gasteiger partial charge in [-0.15, -0.1) is 0 Å². The molecule has 1 unspecified atom stereocenters. The summed E-state index contributed by atoms with van der Waals surface area (Å²) in [6, 6.07) is -0.0650. The lowest BCUT2D eigenvalue weighted by molar-refractivity contribution is -0.137. The van der Waals surface area contributed by atoms with Crippen LogP contribution in [-0.4, -0.2) is 40.5 Å². The number of hydrogen-bond donors (Lipinski definition) is 3. The first-order chi connectivity index (χ1) is 11.2. The van der Waals surface area contributed by atoms with Crippen LogP contribution < -0.4 is 5.32 Å². The third-order valence-corrected chi connectivity index (χ3v) is 4.61. The van der Waals surface area contributed by atoms with Crippen molar-refractivity contribution < 1.29 is 24.5 Å². The molecule has 1 atom stereocenters. The summed E-state index contributed by atoms with van der Waals surface area (Å²) < 4.78 is 5.31. The second-order valence-corrected chi connectivity index (χ2v) is 7.83. The van der Waals surface area contributed by atoms with Crippen molar-refractivity contribution in [3.05, 3.63) is 0 Å². The van der Waals surface area contributed by atoms with Gasteiger partial charge in [-0.2, -0.15) is 0 Å². The van der Waals surface area contributed by atoms with Crippen molar-refractivity contribution in [2.24, 2.45) is 11.8 Å². The van der Waals surface area contributed by atoms with Crippen molar-refractivity contribution in [2.75, 3.05) is 6.61 Å². The summed E-state index contributed by atoms with van der Waals surface area (Å²) in [4.78, 5) is 22.6. The molecule has 0 aromatic heterocycles. The number of rotatable bonds is 8. The standard InChI is InChI=1S/C18H33NO5/c1-18(2,3)24-17(23)19-15(11-12-20)14-9-7-13(8-10-14)5-4-6-16(21)22/h13-15,20H,4-12H2,1-3H3,(H,19,23)(H,21,22). The molecule has 0 spiro atoms. The Bertz CT molecular complexity index is 397. The van der Waals surface area contributed by atoms with E-state index < -0.39 is 17.7 Å². The zero-order chi connectivity index (χ0) is 18.2. The van der Waals surface area contributed by atoms with Crippen molar-refractivity contribution in [1.29, 1.82) is 0 Å². The van der Waals surface area contributed by atoms with Gasteiger partial charge >= 0.3 is 12.1 Å². The summed E-state index contributed by atoms with van der Waals surface area (Å²) in [5, 5.41) is 20.9. The Morgan fingerprint density at radius 3 is 2.33 bits per heavy atom. The summed E-state index contributed by atoms with van der Waals surface area (Å²) in [5.41, 5.74) is -0.532. The lowest BCUT2D eigenvalue weighted by atomic mass is 9.76. The van der Waals surface area contributed by atoms with Crippen LogP contribution in [-0.2, 0) is 9.53 Å². The highest BCUT2D eigenvalue weighted by Gasteiger charge is 2.29. The average Bonchev–Trinajstić information content (AvgIpc) is 2.45. The van der Waals surface area contributed by atoms with Crippen molar-refractivity contribution in [1.82, 2.24) is 5.32 Å². The van der Waals surface area contributed by atoms with Crippen LogP contribution in [0.4, 0.5) is 4.79 Å². The molecule has 140 valence electrons. The van der Waals surface area contributed by atoms with E-state index in [1.807, 2.05) is 20.8 Å². The molecule has 6 nitrogen and oxygen atoms in total. The Kier molecular flexibility index (Phi) is 8.53. The lowest BCUT2D eigenvalue weighted by Crippen LogP contribution is -2.44. The van der Waals surface area contributed by atoms with E-state index in [4.69, 9.17) is 9.84 Å². The minimum atomic E-state index is -0.728. The Labute approximate surface area is 145 Å². The van der Waals surface area contributed by atoms with Crippen LogP contribution in [0.5, 0.6) is 0 Å². The van der Waals surface area contributed by atoms with Gasteiger partial charge in [-0.1, -0.05) is 12.8 Å². The normalized spacial score (nSPS) is 22.7. The Morgan fingerprint density at radius 1 is 1.21 bits per heavy atom. The molecule has 1 rings (SSSR count). The van der Waals surface area contributed by atoms with Crippen LogP contribution in [0.25, 0.3) is 0 Å². The number of aliphatic hydroxyl groups excluding tert-OH is 1. The maximum Gasteiger partial charge on any atom is 0.407 e. The zero-order valence-electron chi connectivity index (χ0n) is 15.2. The molecule has 0 saturated heterocycles. The van der Waals surface area contributed by atoms with Crippen molar-refractivity contribution in [3.8, 4) is 0 Å². The second-order valence-electron chi connectivity index (χ2n) is 7.83. The molecule has 0 bridgehead atoms. The van der Waals surface area contributed by atoms with Gasteiger partial charge in [0.15, 0.2) is 0 Å². The van der Waals surface area contributed by atoms with Gasteiger partial charge in [0.05, 0.1) is 0 Å². The molecule has 1 aliphatic carbocycles. The molecule has 3 N–H and O–H groups in total. The SMILES string of the molecule is CC(C)(C)OC(=O)NC(CCO)C1CCC(CCCC(=O)O)CC1. The average molecular weight is 343 g/mol. The van der Waals surface area contributed by atoms with Crippen molar-refractivity contribution in [2.45, 2.75) is 83.8 Å². The molecule has 1 saturated carbocycles. The highest BCUT2D eigenvalue weighted by molar-refractivity contribution is 5.68. The van der Waals surface area contributed by atoms with Crippen LogP contribution in [0, 0.1) is 11.8 Å². The number of aliphatic carboxylic acids is 1. The van der Waals surface area contributed by atoms with Gasteiger partial charge in [-0.3, -0.25) is 4.79 Å². The number of carboxylic acids is 1. The molecule has 1 fully saturated rings. The number of hydrogen-bond acceptors (Lipinski definition) is 4. The Morgan fingerprint density at radius 2 is 1.83 bits per heavy atom. The maximum absolute atomic E-state index is 12.0. The molecular formula is C18H33NO5. The highest BCUT2D eigenvalue weighted by atomic mass is 16.6. The summed E-state index contributed by atoms with van der Waals surface area (Å²) in [5.74, 6) is 0.200. The third kappa shape index (κ3) is 8.52. The van der Waals surface area contributed by atoms with Gasteiger partial charge in [-0.05, 0) is 64.7 Å². The van der Waals surface area contributed by atoms with E-state index in [1.165, 1.54) is 0 Å². The molecule has 0 aromatic rings. The predicted molar refractivity (Wildman–Crippen MR) is 91.8 cm³/mol. The topological polar surface area (TPSA) is 95.9 Å². The van der Waals surface area contributed by atoms with E-state index in [9.17, 15) is 14.7 Å². The van der Waals surface area contributed by atoms with Gasteiger partial charge in [0.2, 0.25) is 0 Å². The van der Waals surface area contributed by atoms with Crippen LogP contribution in [0.2, 0.25) is 0 Å². The monoisotopic (exact) mass is 343 g/mol. The number of ether oxygens (including phenoxy) is 1. The van der Waals surface area contributed by atoms with E-state index in [2.05, 4.69) is 5.32 Å². The van der Waals surface area contributed by atoms with E-state index in [1.54, 1.807) is 0 Å². The molecule has 6 heteroatoms. The van der Waals surface area contributed by atoms with Crippen LogP contribution in [0.15, 0.2) is 0 Å². The quantitative estimate of drug-likeness (QED) is 0.628. The third-order valence-electron chi connectivity index (χ3n) is 4.61. The fourth-order valence-electron chi connectivity index (χ4n) is 3.44. The molecule has 0 heterocycles. The summed E-state index contributed by atoms with van der Waals surface area (Å²) in [6.45, 7) is 5.53. The Balaban J connectivity index is 2.42. The van der Waals surface area contributed by atoms with Gasteiger partial charge in [-0.25, -0.2) is 4.79 Å². The number of carboxylic acid groups (broad SMARTS) is 1. The van der Waals surface area contributed by atoms with E-state index in [0.717, 1.165) is 38.5 Å². The van der Waals surface area contributed by atoms with Gasteiger partial charge in [0.25, 0.3) is 0 Å². The van der Waals surface area contributed by atoms with E-state index in [0.29, 0.717) is 18.3 Å². The first-order valence-electron chi connectivity index (χ1n) is 9.03. The fraction of sp³-hybridized carbons (Fsp3) is 0.889. The summed E-state index contributed by atoms with van der Waals surface area (Å²) in [7, 11) is 0. The molecule has 0 aromatic carbocycles. The summed E-state index contributed by atoms with van der Waals surface area (Å²) in [6.07, 6.45) is 6.16. The fourth-order valence-corrected chi connectivity index (χ4v) is 3.44. The van der Waals surface area contributed by atoms with Crippen molar-refractivity contribution >= 4 is 12.1 Å². The summed E-state index contributed by atoms with van der Waals surface area (Å²) >= 11 is 0. The minimum absolute atomic E-state index is 0.0407. The number of alkyl carbamates (subject to hydrolysis) is 1. The molecule has 0 radical (unpaired) electrons. The van der Waals surface area contributed by atoms with Crippen molar-refractivity contribution in [3.63, 3.8) is 0 Å². The first kappa shape index (κ1) is 20.7. The minimum Gasteiger partial charge on any atom is -0.481 e. The van der Waals surface area contributed by atoms with Crippen LogP contribution >= 0.6 is 0 Å². The smallest absolute Gasteiger partial charge is 0.407 e.